The maximum atomic E-state index is 11.8. The molecule has 0 unspecified atom stereocenters. The van der Waals surface area contributed by atoms with Crippen LogP contribution in [-0.4, -0.2) is 60.9 Å². The number of hydrogen-bond donors (Lipinski definition) is 2. The molecular weight excluding hydrogens is 302 g/mol. The average Bonchev–Trinajstić information content (AvgIpc) is 2.44. The highest BCUT2D eigenvalue weighted by atomic mass is 16.6. The Labute approximate surface area is 136 Å². The van der Waals surface area contributed by atoms with Gasteiger partial charge in [0, 0.05) is 19.1 Å². The third kappa shape index (κ3) is 7.71. The Kier molecular flexibility index (Phi) is 7.12. The van der Waals surface area contributed by atoms with Gasteiger partial charge in [-0.3, -0.25) is 4.79 Å². The molecular formula is C15H27N3O5. The van der Waals surface area contributed by atoms with Gasteiger partial charge in [-0.15, -0.1) is 0 Å². The Hall–Kier alpha value is -1.99. The molecule has 0 spiro atoms. The first-order valence-electron chi connectivity index (χ1n) is 7.89. The van der Waals surface area contributed by atoms with Crippen LogP contribution in [0.5, 0.6) is 0 Å². The lowest BCUT2D eigenvalue weighted by Gasteiger charge is -2.31. The smallest absolute Gasteiger partial charge is 0.409 e. The number of nitrogens with one attached hydrogen (secondary N) is 2. The number of amides is 3. The number of hydrogen-bond acceptors (Lipinski definition) is 5. The van der Waals surface area contributed by atoms with Crippen molar-refractivity contribution in [1.82, 2.24) is 15.5 Å². The third-order valence-corrected chi connectivity index (χ3v) is 3.18. The number of carbonyl (C=O) groups is 3. The minimum absolute atomic E-state index is 0.00591. The number of rotatable bonds is 4. The van der Waals surface area contributed by atoms with E-state index < -0.39 is 11.7 Å². The molecule has 23 heavy (non-hydrogen) atoms. The van der Waals surface area contributed by atoms with E-state index in [4.69, 9.17) is 9.47 Å². The summed E-state index contributed by atoms with van der Waals surface area (Å²) in [5, 5.41) is 5.26. The molecule has 0 aromatic rings. The van der Waals surface area contributed by atoms with Gasteiger partial charge in [0.05, 0.1) is 6.61 Å². The van der Waals surface area contributed by atoms with Gasteiger partial charge >= 0.3 is 12.2 Å². The molecule has 0 atom stereocenters. The van der Waals surface area contributed by atoms with E-state index in [0.29, 0.717) is 32.5 Å². The zero-order valence-corrected chi connectivity index (χ0v) is 14.3. The van der Waals surface area contributed by atoms with Crippen LogP contribution in [0.4, 0.5) is 9.59 Å². The summed E-state index contributed by atoms with van der Waals surface area (Å²) in [6.07, 6.45) is 0.391. The lowest BCUT2D eigenvalue weighted by molar-refractivity contribution is -0.121. The van der Waals surface area contributed by atoms with E-state index >= 15 is 0 Å². The average molecular weight is 329 g/mol. The quantitative estimate of drug-likeness (QED) is 0.809. The maximum Gasteiger partial charge on any atom is 0.409 e. The second kappa shape index (κ2) is 8.59. The largest absolute Gasteiger partial charge is 0.450 e. The molecule has 1 saturated heterocycles. The highest BCUT2D eigenvalue weighted by Crippen LogP contribution is 2.11. The SMILES string of the molecule is CCOC(=O)N1CCC(NC(=O)CNC(=O)OC(C)(C)C)CC1. The van der Waals surface area contributed by atoms with E-state index in [1.807, 2.05) is 0 Å². The van der Waals surface area contributed by atoms with Crippen molar-refractivity contribution >= 4 is 18.1 Å². The van der Waals surface area contributed by atoms with E-state index in [2.05, 4.69) is 10.6 Å². The molecule has 0 aromatic carbocycles. The van der Waals surface area contributed by atoms with Crippen molar-refractivity contribution in [3.63, 3.8) is 0 Å². The van der Waals surface area contributed by atoms with Crippen LogP contribution < -0.4 is 10.6 Å². The molecule has 8 nitrogen and oxygen atoms in total. The highest BCUT2D eigenvalue weighted by molar-refractivity contribution is 5.82. The summed E-state index contributed by atoms with van der Waals surface area (Å²) in [6, 6.07) is -0.00591. The van der Waals surface area contributed by atoms with E-state index in [1.54, 1.807) is 32.6 Å². The van der Waals surface area contributed by atoms with Crippen molar-refractivity contribution in [3.05, 3.63) is 0 Å². The first-order chi connectivity index (χ1) is 10.7. The molecule has 0 aromatic heterocycles. The lowest BCUT2D eigenvalue weighted by atomic mass is 10.1. The number of nitrogens with zero attached hydrogens (tertiary/aromatic N) is 1. The molecule has 1 fully saturated rings. The normalized spacial score (nSPS) is 15.7. The lowest BCUT2D eigenvalue weighted by Crippen LogP contribution is -2.49. The van der Waals surface area contributed by atoms with Crippen LogP contribution in [0, 0.1) is 0 Å². The third-order valence-electron chi connectivity index (χ3n) is 3.18. The number of ether oxygens (including phenoxy) is 2. The van der Waals surface area contributed by atoms with Gasteiger partial charge < -0.3 is 25.0 Å². The molecule has 1 rings (SSSR count). The summed E-state index contributed by atoms with van der Waals surface area (Å²) in [7, 11) is 0. The summed E-state index contributed by atoms with van der Waals surface area (Å²) in [6.45, 7) is 8.34. The van der Waals surface area contributed by atoms with Crippen LogP contribution in [0.15, 0.2) is 0 Å². The maximum absolute atomic E-state index is 11.8. The zero-order valence-electron chi connectivity index (χ0n) is 14.3. The van der Waals surface area contributed by atoms with Gasteiger partial charge in [-0.1, -0.05) is 0 Å². The molecule has 2 N–H and O–H groups in total. The summed E-state index contributed by atoms with van der Waals surface area (Å²) >= 11 is 0. The molecule has 0 radical (unpaired) electrons. The Bertz CT molecular complexity index is 425. The first-order valence-corrected chi connectivity index (χ1v) is 7.89. The van der Waals surface area contributed by atoms with Gasteiger partial charge in [-0.2, -0.15) is 0 Å². The number of carbonyl (C=O) groups excluding carboxylic acids is 3. The monoisotopic (exact) mass is 329 g/mol. The second-order valence-electron chi connectivity index (χ2n) is 6.38. The molecule has 0 bridgehead atoms. The van der Waals surface area contributed by atoms with Crippen molar-refractivity contribution in [3.8, 4) is 0 Å². The summed E-state index contributed by atoms with van der Waals surface area (Å²) in [5.74, 6) is -0.273. The van der Waals surface area contributed by atoms with Gasteiger partial charge in [0.1, 0.15) is 12.1 Å². The van der Waals surface area contributed by atoms with Gasteiger partial charge in [-0.05, 0) is 40.5 Å². The predicted molar refractivity (Wildman–Crippen MR) is 84.0 cm³/mol. The fraction of sp³-hybridized carbons (Fsp3) is 0.800. The Morgan fingerprint density at radius 3 is 2.30 bits per heavy atom. The molecule has 0 aliphatic carbocycles. The number of likely N-dealkylation sites (tertiary alicyclic amines) is 1. The molecule has 0 saturated carbocycles. The van der Waals surface area contributed by atoms with Crippen LogP contribution in [0.25, 0.3) is 0 Å². The molecule has 1 heterocycles. The molecule has 1 aliphatic heterocycles. The zero-order chi connectivity index (χ0) is 17.5. The summed E-state index contributed by atoms with van der Waals surface area (Å²) in [5.41, 5.74) is -0.597. The van der Waals surface area contributed by atoms with Gasteiger partial charge in [0.2, 0.25) is 5.91 Å². The Morgan fingerprint density at radius 1 is 1.17 bits per heavy atom. The van der Waals surface area contributed by atoms with Crippen molar-refractivity contribution in [1.29, 1.82) is 0 Å². The molecule has 3 amide bonds. The van der Waals surface area contributed by atoms with Crippen molar-refractivity contribution < 1.29 is 23.9 Å². The van der Waals surface area contributed by atoms with Crippen molar-refractivity contribution in [2.45, 2.75) is 52.2 Å². The van der Waals surface area contributed by atoms with E-state index in [0.717, 1.165) is 0 Å². The molecule has 8 heteroatoms. The number of piperidine rings is 1. The minimum Gasteiger partial charge on any atom is -0.450 e. The van der Waals surface area contributed by atoms with E-state index in [-0.39, 0.29) is 24.6 Å². The highest BCUT2D eigenvalue weighted by Gasteiger charge is 2.24. The number of alkyl carbamates (subject to hydrolysis) is 1. The summed E-state index contributed by atoms with van der Waals surface area (Å²) < 4.78 is 9.99. The topological polar surface area (TPSA) is 97.0 Å². The van der Waals surface area contributed by atoms with Crippen molar-refractivity contribution in [2.24, 2.45) is 0 Å². The van der Waals surface area contributed by atoms with E-state index in [9.17, 15) is 14.4 Å². The Balaban J connectivity index is 2.24. The minimum atomic E-state index is -0.621. The Morgan fingerprint density at radius 2 is 1.78 bits per heavy atom. The van der Waals surface area contributed by atoms with Crippen LogP contribution in [0.3, 0.4) is 0 Å². The van der Waals surface area contributed by atoms with Crippen LogP contribution in [0.1, 0.15) is 40.5 Å². The van der Waals surface area contributed by atoms with Gasteiger partial charge in [0.25, 0.3) is 0 Å². The van der Waals surface area contributed by atoms with Crippen LogP contribution >= 0.6 is 0 Å². The predicted octanol–water partition coefficient (Wildman–Crippen LogP) is 1.25. The standard InChI is InChI=1S/C15H27N3O5/c1-5-22-14(21)18-8-6-11(7-9-18)17-12(19)10-16-13(20)23-15(2,3)4/h11H,5-10H2,1-4H3,(H,16,20)(H,17,19). The molecule has 132 valence electrons. The second-order valence-corrected chi connectivity index (χ2v) is 6.38. The van der Waals surface area contributed by atoms with Gasteiger partial charge in [0.15, 0.2) is 0 Å². The first kappa shape index (κ1) is 19.1. The van der Waals surface area contributed by atoms with Gasteiger partial charge in [-0.25, -0.2) is 9.59 Å². The fourth-order valence-electron chi connectivity index (χ4n) is 2.17. The molecule has 1 aliphatic rings. The van der Waals surface area contributed by atoms with Crippen molar-refractivity contribution in [2.75, 3.05) is 26.2 Å². The summed E-state index contributed by atoms with van der Waals surface area (Å²) in [4.78, 5) is 36.5. The van der Waals surface area contributed by atoms with Crippen LogP contribution in [0.2, 0.25) is 0 Å². The van der Waals surface area contributed by atoms with Crippen LogP contribution in [-0.2, 0) is 14.3 Å². The van der Waals surface area contributed by atoms with E-state index in [1.165, 1.54) is 0 Å². The fourth-order valence-corrected chi connectivity index (χ4v) is 2.17.